The van der Waals surface area contributed by atoms with Crippen molar-refractivity contribution in [1.82, 2.24) is 14.3 Å². The van der Waals surface area contributed by atoms with Crippen LogP contribution in [0.1, 0.15) is 18.4 Å². The van der Waals surface area contributed by atoms with Crippen LogP contribution in [0.15, 0.2) is 58.1 Å². The Morgan fingerprint density at radius 2 is 1.85 bits per heavy atom. The van der Waals surface area contributed by atoms with Gasteiger partial charge in [0.1, 0.15) is 18.4 Å². The number of nitro groups is 1. The third-order valence-corrected chi connectivity index (χ3v) is 6.08. The zero-order valence-electron chi connectivity index (χ0n) is 20.6. The maximum atomic E-state index is 13.3. The van der Waals surface area contributed by atoms with Crippen molar-refractivity contribution in [3.8, 4) is 5.75 Å². The number of non-ortho nitro benzene ring substituents is 1. The number of nitrogens with one attached hydrogen (secondary N) is 1. The molecule has 206 valence electrons. The molecular formula is C24H23F3N6O6. The molecule has 2 aromatic carbocycles. The number of carbonyl (C=O) groups is 1. The van der Waals surface area contributed by atoms with Gasteiger partial charge in [-0.1, -0.05) is 18.2 Å². The maximum Gasteiger partial charge on any atom is 0.419 e. The monoisotopic (exact) mass is 548 g/mol. The number of aromatic nitrogens is 3. The van der Waals surface area contributed by atoms with Crippen LogP contribution in [0.3, 0.4) is 0 Å². The highest BCUT2D eigenvalue weighted by Crippen LogP contribution is 2.37. The first-order valence-corrected chi connectivity index (χ1v) is 11.7. The van der Waals surface area contributed by atoms with E-state index >= 15 is 0 Å². The molecule has 0 aliphatic carbocycles. The molecule has 1 saturated heterocycles. The van der Waals surface area contributed by atoms with E-state index in [0.29, 0.717) is 0 Å². The molecule has 0 bridgehead atoms. The second kappa shape index (κ2) is 11.0. The minimum absolute atomic E-state index is 0.102. The zero-order valence-corrected chi connectivity index (χ0v) is 20.6. The highest BCUT2D eigenvalue weighted by atomic mass is 19.4. The summed E-state index contributed by atoms with van der Waals surface area (Å²) in [5, 5.41) is 17.5. The molecule has 0 unspecified atom stereocenters. The fraction of sp³-hybridized carbons (Fsp3) is 0.333. The van der Waals surface area contributed by atoms with Gasteiger partial charge in [-0.25, -0.2) is 9.48 Å². The molecule has 1 aromatic heterocycles. The third-order valence-electron chi connectivity index (χ3n) is 6.08. The molecule has 1 N–H and O–H groups in total. The van der Waals surface area contributed by atoms with E-state index in [2.05, 4.69) is 10.4 Å². The third kappa shape index (κ3) is 6.25. The maximum absolute atomic E-state index is 13.3. The molecule has 0 spiro atoms. The summed E-state index contributed by atoms with van der Waals surface area (Å²) in [7, 11) is 1.23. The number of benzene rings is 2. The van der Waals surface area contributed by atoms with Crippen LogP contribution >= 0.6 is 0 Å². The van der Waals surface area contributed by atoms with E-state index in [1.807, 2.05) is 0 Å². The standard InChI is InChI=1S/C24H23F3N6O6/c1-30-22(35)21(29-32(23(30)36)14-20(34)28-15-5-4-6-16(13-15)33(37)38)31-11-9-17(10-12-31)39-19-8-3-2-7-18(19)24(25,26)27/h2-8,13,17H,9-12,14H2,1H3,(H,28,34). The summed E-state index contributed by atoms with van der Waals surface area (Å²) < 4.78 is 47.1. The fourth-order valence-corrected chi connectivity index (χ4v) is 4.11. The van der Waals surface area contributed by atoms with Gasteiger partial charge >= 0.3 is 11.9 Å². The van der Waals surface area contributed by atoms with E-state index in [1.165, 1.54) is 43.4 Å². The lowest BCUT2D eigenvalue weighted by Crippen LogP contribution is -2.47. The number of para-hydroxylation sites is 1. The van der Waals surface area contributed by atoms with Crippen LogP contribution in [0.2, 0.25) is 0 Å². The van der Waals surface area contributed by atoms with E-state index in [0.717, 1.165) is 21.4 Å². The molecule has 1 aliphatic rings. The number of amides is 1. The Labute approximate surface area is 218 Å². The number of rotatable bonds is 7. The van der Waals surface area contributed by atoms with Gasteiger partial charge in [-0.05, 0) is 18.2 Å². The second-order valence-electron chi connectivity index (χ2n) is 8.78. The lowest BCUT2D eigenvalue weighted by atomic mass is 10.1. The number of alkyl halides is 3. The highest BCUT2D eigenvalue weighted by Gasteiger charge is 2.35. The Morgan fingerprint density at radius 3 is 2.51 bits per heavy atom. The van der Waals surface area contributed by atoms with Crippen molar-refractivity contribution in [2.45, 2.75) is 31.7 Å². The van der Waals surface area contributed by atoms with Crippen molar-refractivity contribution in [2.75, 3.05) is 23.3 Å². The first-order chi connectivity index (χ1) is 18.4. The Kier molecular flexibility index (Phi) is 7.69. The summed E-state index contributed by atoms with van der Waals surface area (Å²) in [6.07, 6.45) is -4.55. The van der Waals surface area contributed by atoms with Gasteiger partial charge in [0, 0.05) is 50.8 Å². The number of piperidine rings is 1. The summed E-state index contributed by atoms with van der Waals surface area (Å²) in [6.45, 7) is -0.158. The topological polar surface area (TPSA) is 142 Å². The van der Waals surface area contributed by atoms with Crippen molar-refractivity contribution in [3.63, 3.8) is 0 Å². The first kappa shape index (κ1) is 27.3. The average Bonchev–Trinajstić information content (AvgIpc) is 2.89. The van der Waals surface area contributed by atoms with Crippen LogP contribution in [-0.2, 0) is 24.6 Å². The fourth-order valence-electron chi connectivity index (χ4n) is 4.11. The van der Waals surface area contributed by atoms with Gasteiger partial charge in [0.25, 0.3) is 11.2 Å². The van der Waals surface area contributed by atoms with E-state index in [9.17, 15) is 37.7 Å². The lowest BCUT2D eigenvalue weighted by Gasteiger charge is -2.33. The average molecular weight is 548 g/mol. The largest absolute Gasteiger partial charge is 0.490 e. The van der Waals surface area contributed by atoms with Crippen LogP contribution in [0, 0.1) is 10.1 Å². The quantitative estimate of drug-likeness (QED) is 0.351. The zero-order chi connectivity index (χ0) is 28.3. The Morgan fingerprint density at radius 1 is 1.15 bits per heavy atom. The van der Waals surface area contributed by atoms with Gasteiger partial charge in [-0.15, -0.1) is 5.10 Å². The van der Waals surface area contributed by atoms with Gasteiger partial charge < -0.3 is 15.0 Å². The van der Waals surface area contributed by atoms with Gasteiger partial charge in [-0.3, -0.25) is 24.3 Å². The number of hydrogen-bond acceptors (Lipinski definition) is 8. The Balaban J connectivity index is 1.46. The molecule has 0 radical (unpaired) electrons. The molecule has 2 heterocycles. The number of carbonyl (C=O) groups excluding carboxylic acids is 1. The molecule has 1 aliphatic heterocycles. The van der Waals surface area contributed by atoms with Crippen LogP contribution in [-0.4, -0.2) is 44.4 Å². The molecule has 15 heteroatoms. The van der Waals surface area contributed by atoms with Crippen molar-refractivity contribution < 1.29 is 27.6 Å². The van der Waals surface area contributed by atoms with E-state index < -0.39 is 46.5 Å². The molecule has 39 heavy (non-hydrogen) atoms. The van der Waals surface area contributed by atoms with Gasteiger partial charge in [-0.2, -0.15) is 13.2 Å². The normalized spacial score (nSPS) is 14.2. The van der Waals surface area contributed by atoms with Gasteiger partial charge in [0.15, 0.2) is 0 Å². The summed E-state index contributed by atoms with van der Waals surface area (Å²) in [6, 6.07) is 10.1. The smallest absolute Gasteiger partial charge is 0.419 e. The number of nitrogens with zero attached hydrogens (tertiary/aromatic N) is 5. The van der Waals surface area contributed by atoms with E-state index in [-0.39, 0.29) is 48.9 Å². The highest BCUT2D eigenvalue weighted by molar-refractivity contribution is 5.90. The van der Waals surface area contributed by atoms with Crippen LogP contribution < -0.4 is 26.2 Å². The molecular weight excluding hydrogens is 525 g/mol. The van der Waals surface area contributed by atoms with Gasteiger partial charge in [0.2, 0.25) is 11.7 Å². The summed E-state index contributed by atoms with van der Waals surface area (Å²) in [5.74, 6) is -1.08. The number of nitro benzene ring substituents is 1. The van der Waals surface area contributed by atoms with Crippen molar-refractivity contribution in [2.24, 2.45) is 7.05 Å². The van der Waals surface area contributed by atoms with E-state index in [4.69, 9.17) is 4.74 Å². The van der Waals surface area contributed by atoms with Crippen LogP contribution in [0.5, 0.6) is 5.75 Å². The molecule has 1 amide bonds. The minimum atomic E-state index is -4.57. The SMILES string of the molecule is Cn1c(=O)c(N2CCC(Oc3ccccc3C(F)(F)F)CC2)nn(CC(=O)Nc2cccc([N+](=O)[O-])c2)c1=O. The summed E-state index contributed by atoms with van der Waals surface area (Å²) in [5.41, 5.74) is -2.52. The molecule has 0 atom stereocenters. The molecule has 0 saturated carbocycles. The lowest BCUT2D eigenvalue weighted by molar-refractivity contribution is -0.384. The molecule has 3 aromatic rings. The Hall–Kier alpha value is -4.69. The van der Waals surface area contributed by atoms with Crippen LogP contribution in [0.4, 0.5) is 30.4 Å². The summed E-state index contributed by atoms with van der Waals surface area (Å²) in [4.78, 5) is 49.8. The number of anilines is 2. The van der Waals surface area contributed by atoms with E-state index in [1.54, 1.807) is 4.90 Å². The first-order valence-electron chi connectivity index (χ1n) is 11.7. The Bertz CT molecular complexity index is 1510. The number of halogens is 3. The second-order valence-corrected chi connectivity index (χ2v) is 8.78. The van der Waals surface area contributed by atoms with Crippen molar-refractivity contribution >= 4 is 23.1 Å². The van der Waals surface area contributed by atoms with Gasteiger partial charge in [0.05, 0.1) is 10.5 Å². The van der Waals surface area contributed by atoms with Crippen molar-refractivity contribution in [3.05, 3.63) is 85.0 Å². The summed E-state index contributed by atoms with van der Waals surface area (Å²) >= 11 is 0. The predicted octanol–water partition coefficient (Wildman–Crippen LogP) is 2.56. The number of ether oxygens (including phenoxy) is 1. The molecule has 1 fully saturated rings. The van der Waals surface area contributed by atoms with Crippen molar-refractivity contribution in [1.29, 1.82) is 0 Å². The predicted molar refractivity (Wildman–Crippen MR) is 133 cm³/mol. The molecule has 4 rings (SSSR count). The van der Waals surface area contributed by atoms with Crippen LogP contribution in [0.25, 0.3) is 0 Å². The minimum Gasteiger partial charge on any atom is -0.490 e. The molecule has 12 nitrogen and oxygen atoms in total. The number of hydrogen-bond donors (Lipinski definition) is 1.